The molecule has 1 aromatic rings. The summed E-state index contributed by atoms with van der Waals surface area (Å²) in [7, 11) is 0. The van der Waals surface area contributed by atoms with E-state index >= 15 is 0 Å². The standard InChI is InChI=1S/C9H13N3/c10-7-3-1-2-6(9(7)11)8-4-5-12-8/h1-3,8,12H,4-5,10-11H2/t8-/m1/s1. The lowest BCUT2D eigenvalue weighted by molar-refractivity contribution is 0.384. The summed E-state index contributed by atoms with van der Waals surface area (Å²) in [6.07, 6.45) is 1.16. The molecule has 1 aliphatic heterocycles. The molecule has 0 saturated carbocycles. The summed E-state index contributed by atoms with van der Waals surface area (Å²) in [5.41, 5.74) is 14.1. The molecule has 1 atom stereocenters. The van der Waals surface area contributed by atoms with Crippen LogP contribution in [0, 0.1) is 0 Å². The van der Waals surface area contributed by atoms with Crippen LogP contribution in [0.5, 0.6) is 0 Å². The summed E-state index contributed by atoms with van der Waals surface area (Å²) >= 11 is 0. The molecule has 3 heteroatoms. The molecule has 64 valence electrons. The lowest BCUT2D eigenvalue weighted by atomic mass is 9.96. The summed E-state index contributed by atoms with van der Waals surface area (Å²) in [5.74, 6) is 0. The molecule has 1 saturated heterocycles. The van der Waals surface area contributed by atoms with Crippen molar-refractivity contribution in [2.45, 2.75) is 12.5 Å². The average Bonchev–Trinajstić information content (AvgIpc) is 1.95. The normalized spacial score (nSPS) is 21.8. The Morgan fingerprint density at radius 3 is 2.67 bits per heavy atom. The minimum Gasteiger partial charge on any atom is -0.397 e. The summed E-state index contributed by atoms with van der Waals surface area (Å²) in [6.45, 7) is 1.08. The smallest absolute Gasteiger partial charge is 0.0596 e. The summed E-state index contributed by atoms with van der Waals surface area (Å²) < 4.78 is 0. The van der Waals surface area contributed by atoms with Crippen LogP contribution in [0.25, 0.3) is 0 Å². The van der Waals surface area contributed by atoms with Crippen molar-refractivity contribution in [1.82, 2.24) is 5.32 Å². The molecule has 2 rings (SSSR count). The number of benzene rings is 1. The molecule has 0 amide bonds. The van der Waals surface area contributed by atoms with Crippen molar-refractivity contribution in [3.8, 4) is 0 Å². The molecule has 1 aliphatic rings. The summed E-state index contributed by atoms with van der Waals surface area (Å²) in [5, 5.41) is 3.29. The Morgan fingerprint density at radius 1 is 1.33 bits per heavy atom. The highest BCUT2D eigenvalue weighted by Gasteiger charge is 2.20. The molecule has 5 N–H and O–H groups in total. The predicted octanol–water partition coefficient (Wildman–Crippen LogP) is 0.885. The van der Waals surface area contributed by atoms with Crippen LogP contribution >= 0.6 is 0 Å². The second kappa shape index (κ2) is 2.68. The van der Waals surface area contributed by atoms with E-state index in [0.29, 0.717) is 11.7 Å². The molecule has 1 heterocycles. The highest BCUT2D eigenvalue weighted by molar-refractivity contribution is 5.68. The van der Waals surface area contributed by atoms with E-state index in [2.05, 4.69) is 5.32 Å². The van der Waals surface area contributed by atoms with Crippen molar-refractivity contribution in [1.29, 1.82) is 0 Å². The number of anilines is 2. The molecule has 12 heavy (non-hydrogen) atoms. The van der Waals surface area contributed by atoms with E-state index in [1.54, 1.807) is 0 Å². The molecule has 0 spiro atoms. The zero-order valence-corrected chi connectivity index (χ0v) is 6.88. The molecule has 1 aromatic carbocycles. The summed E-state index contributed by atoms with van der Waals surface area (Å²) in [6, 6.07) is 6.23. The Balaban J connectivity index is 2.36. The highest BCUT2D eigenvalue weighted by Crippen LogP contribution is 2.30. The van der Waals surface area contributed by atoms with Crippen LogP contribution in [0.3, 0.4) is 0 Å². The number of hydrogen-bond donors (Lipinski definition) is 3. The van der Waals surface area contributed by atoms with E-state index in [9.17, 15) is 0 Å². The van der Waals surface area contributed by atoms with Gasteiger partial charge in [0.1, 0.15) is 0 Å². The maximum Gasteiger partial charge on any atom is 0.0596 e. The molecule has 1 fully saturated rings. The highest BCUT2D eigenvalue weighted by atomic mass is 15.0. The van der Waals surface area contributed by atoms with Crippen LogP contribution in [0.4, 0.5) is 11.4 Å². The van der Waals surface area contributed by atoms with Gasteiger partial charge in [0.05, 0.1) is 11.4 Å². The number of para-hydroxylation sites is 1. The van der Waals surface area contributed by atoms with Crippen LogP contribution in [0.15, 0.2) is 18.2 Å². The first-order chi connectivity index (χ1) is 5.79. The average molecular weight is 163 g/mol. The second-order valence-electron chi connectivity index (χ2n) is 3.15. The van der Waals surface area contributed by atoms with Crippen LogP contribution in [0.2, 0.25) is 0 Å². The largest absolute Gasteiger partial charge is 0.397 e. The SMILES string of the molecule is Nc1cccc([C@H]2CCN2)c1N. The van der Waals surface area contributed by atoms with Gasteiger partial charge in [0, 0.05) is 6.04 Å². The van der Waals surface area contributed by atoms with E-state index in [0.717, 1.165) is 24.2 Å². The van der Waals surface area contributed by atoms with Crippen LogP contribution < -0.4 is 16.8 Å². The molecule has 3 nitrogen and oxygen atoms in total. The number of nitrogens with two attached hydrogens (primary N) is 2. The van der Waals surface area contributed by atoms with Gasteiger partial charge >= 0.3 is 0 Å². The third-order valence-corrected chi connectivity index (χ3v) is 2.37. The molecule has 0 bridgehead atoms. The van der Waals surface area contributed by atoms with E-state index in [-0.39, 0.29) is 0 Å². The fraction of sp³-hybridized carbons (Fsp3) is 0.333. The van der Waals surface area contributed by atoms with Gasteiger partial charge in [0.2, 0.25) is 0 Å². The van der Waals surface area contributed by atoms with E-state index in [1.807, 2.05) is 18.2 Å². The maximum absolute atomic E-state index is 5.83. The molecular weight excluding hydrogens is 150 g/mol. The molecule has 0 aliphatic carbocycles. The van der Waals surface area contributed by atoms with E-state index in [4.69, 9.17) is 11.5 Å². The Morgan fingerprint density at radius 2 is 2.08 bits per heavy atom. The van der Waals surface area contributed by atoms with Crippen molar-refractivity contribution in [3.63, 3.8) is 0 Å². The lowest BCUT2D eigenvalue weighted by Crippen LogP contribution is -2.35. The van der Waals surface area contributed by atoms with Gasteiger partial charge in [-0.15, -0.1) is 0 Å². The molecular formula is C9H13N3. The zero-order valence-electron chi connectivity index (χ0n) is 6.88. The quantitative estimate of drug-likeness (QED) is 0.539. The van der Waals surface area contributed by atoms with Crippen LogP contribution in [-0.2, 0) is 0 Å². The van der Waals surface area contributed by atoms with Crippen molar-refractivity contribution in [2.24, 2.45) is 0 Å². The minimum absolute atomic E-state index is 0.425. The Labute approximate surface area is 71.8 Å². The third-order valence-electron chi connectivity index (χ3n) is 2.37. The number of nitrogen functional groups attached to an aromatic ring is 2. The zero-order chi connectivity index (χ0) is 8.55. The minimum atomic E-state index is 0.425. The van der Waals surface area contributed by atoms with Crippen molar-refractivity contribution in [3.05, 3.63) is 23.8 Å². The first-order valence-corrected chi connectivity index (χ1v) is 4.16. The van der Waals surface area contributed by atoms with Crippen molar-refractivity contribution in [2.75, 3.05) is 18.0 Å². The van der Waals surface area contributed by atoms with Gasteiger partial charge in [-0.05, 0) is 24.6 Å². The van der Waals surface area contributed by atoms with Gasteiger partial charge < -0.3 is 16.8 Å². The van der Waals surface area contributed by atoms with E-state index < -0.39 is 0 Å². The monoisotopic (exact) mass is 163 g/mol. The van der Waals surface area contributed by atoms with E-state index in [1.165, 1.54) is 0 Å². The Kier molecular flexibility index (Phi) is 1.66. The fourth-order valence-corrected chi connectivity index (χ4v) is 1.46. The van der Waals surface area contributed by atoms with Gasteiger partial charge in [-0.25, -0.2) is 0 Å². The molecule has 0 radical (unpaired) electrons. The lowest BCUT2D eigenvalue weighted by Gasteiger charge is -2.29. The van der Waals surface area contributed by atoms with Gasteiger partial charge in [-0.1, -0.05) is 12.1 Å². The molecule has 0 unspecified atom stereocenters. The van der Waals surface area contributed by atoms with Crippen molar-refractivity contribution >= 4 is 11.4 Å². The number of nitrogens with one attached hydrogen (secondary N) is 1. The Bertz CT molecular complexity index is 292. The third kappa shape index (κ3) is 1.02. The topological polar surface area (TPSA) is 64.1 Å². The fourth-order valence-electron chi connectivity index (χ4n) is 1.46. The van der Waals surface area contributed by atoms with Crippen molar-refractivity contribution < 1.29 is 0 Å². The van der Waals surface area contributed by atoms with Gasteiger partial charge in [-0.2, -0.15) is 0 Å². The maximum atomic E-state index is 5.83. The van der Waals surface area contributed by atoms with Crippen LogP contribution in [-0.4, -0.2) is 6.54 Å². The second-order valence-corrected chi connectivity index (χ2v) is 3.15. The predicted molar refractivity (Wildman–Crippen MR) is 50.6 cm³/mol. The van der Waals surface area contributed by atoms with Gasteiger partial charge in [0.25, 0.3) is 0 Å². The van der Waals surface area contributed by atoms with Crippen LogP contribution in [0.1, 0.15) is 18.0 Å². The summed E-state index contributed by atoms with van der Waals surface area (Å²) in [4.78, 5) is 0. The van der Waals surface area contributed by atoms with Gasteiger partial charge in [0.15, 0.2) is 0 Å². The first kappa shape index (κ1) is 7.43. The van der Waals surface area contributed by atoms with Gasteiger partial charge in [-0.3, -0.25) is 0 Å². The first-order valence-electron chi connectivity index (χ1n) is 4.16. The number of hydrogen-bond acceptors (Lipinski definition) is 3. The molecule has 0 aromatic heterocycles. The number of rotatable bonds is 1. The Hall–Kier alpha value is -1.22.